The van der Waals surface area contributed by atoms with Gasteiger partial charge in [0.25, 0.3) is 0 Å². The largest absolute Gasteiger partial charge is 0.375 e. The molecule has 7 nitrogen and oxygen atoms in total. The van der Waals surface area contributed by atoms with Crippen LogP contribution in [0.1, 0.15) is 30.2 Å². The minimum atomic E-state index is 0.0246. The van der Waals surface area contributed by atoms with Crippen molar-refractivity contribution < 1.29 is 9.26 Å². The first kappa shape index (κ1) is 14.2. The minimum absolute atomic E-state index is 0.0246. The number of nitrogens with zero attached hydrogens (tertiary/aromatic N) is 5. The van der Waals surface area contributed by atoms with Gasteiger partial charge in [-0.15, -0.1) is 0 Å². The molecule has 0 amide bonds. The van der Waals surface area contributed by atoms with E-state index in [1.807, 2.05) is 24.9 Å². The molecule has 2 aromatic heterocycles. The van der Waals surface area contributed by atoms with E-state index in [2.05, 4.69) is 33.3 Å². The second-order valence-corrected chi connectivity index (χ2v) is 5.51. The zero-order valence-electron chi connectivity index (χ0n) is 12.7. The third-order valence-corrected chi connectivity index (χ3v) is 3.84. The van der Waals surface area contributed by atoms with Crippen LogP contribution >= 0.6 is 0 Å². The SMILES string of the molecule is Cc1noc([C@@H]2[C@@H](C)OCCN2CCc2cnn(C)c2)n1. The standard InChI is InChI=1S/C14H21N5O2/c1-10-13(14-16-11(2)17-21-14)19(6-7-20-10)5-4-12-8-15-18(3)9-12/h8-10,13H,4-7H2,1-3H3/t10-,13+/m1/s1. The molecule has 3 heterocycles. The first-order chi connectivity index (χ1) is 10.1. The smallest absolute Gasteiger partial charge is 0.246 e. The van der Waals surface area contributed by atoms with Gasteiger partial charge in [0.15, 0.2) is 5.82 Å². The van der Waals surface area contributed by atoms with Crippen molar-refractivity contribution in [3.8, 4) is 0 Å². The van der Waals surface area contributed by atoms with Gasteiger partial charge in [0.1, 0.15) is 6.04 Å². The molecule has 0 spiro atoms. The summed E-state index contributed by atoms with van der Waals surface area (Å²) in [5.41, 5.74) is 1.23. The topological polar surface area (TPSA) is 69.2 Å². The molecule has 2 aromatic rings. The lowest BCUT2D eigenvalue weighted by molar-refractivity contribution is -0.0723. The number of aryl methyl sites for hydroxylation is 2. The van der Waals surface area contributed by atoms with Crippen LogP contribution in [-0.4, -0.2) is 50.6 Å². The molecule has 1 aliphatic heterocycles. The van der Waals surface area contributed by atoms with Gasteiger partial charge in [-0.2, -0.15) is 10.1 Å². The molecule has 0 radical (unpaired) electrons. The van der Waals surface area contributed by atoms with Gasteiger partial charge in [-0.25, -0.2) is 0 Å². The van der Waals surface area contributed by atoms with Gasteiger partial charge in [0.2, 0.25) is 5.89 Å². The van der Waals surface area contributed by atoms with Gasteiger partial charge in [0, 0.05) is 26.3 Å². The summed E-state index contributed by atoms with van der Waals surface area (Å²) in [7, 11) is 1.93. The normalized spacial score (nSPS) is 23.6. The summed E-state index contributed by atoms with van der Waals surface area (Å²) >= 11 is 0. The third-order valence-electron chi connectivity index (χ3n) is 3.84. The van der Waals surface area contributed by atoms with Gasteiger partial charge in [-0.3, -0.25) is 9.58 Å². The molecular weight excluding hydrogens is 270 g/mol. The molecule has 1 aliphatic rings. The van der Waals surface area contributed by atoms with Crippen LogP contribution in [0.2, 0.25) is 0 Å². The lowest BCUT2D eigenvalue weighted by Gasteiger charge is -2.37. The van der Waals surface area contributed by atoms with E-state index in [1.54, 1.807) is 0 Å². The van der Waals surface area contributed by atoms with Gasteiger partial charge >= 0.3 is 0 Å². The van der Waals surface area contributed by atoms with E-state index in [0.29, 0.717) is 11.7 Å². The summed E-state index contributed by atoms with van der Waals surface area (Å²) in [5.74, 6) is 1.31. The zero-order valence-corrected chi connectivity index (χ0v) is 12.7. The molecule has 0 N–H and O–H groups in total. The number of aromatic nitrogens is 4. The average Bonchev–Trinajstić information content (AvgIpc) is 3.05. The molecular formula is C14H21N5O2. The lowest BCUT2D eigenvalue weighted by atomic mass is 10.1. The van der Waals surface area contributed by atoms with E-state index >= 15 is 0 Å². The Hall–Kier alpha value is -1.73. The summed E-state index contributed by atoms with van der Waals surface area (Å²) in [4.78, 5) is 6.73. The monoisotopic (exact) mass is 291 g/mol. The first-order valence-electron chi connectivity index (χ1n) is 7.27. The quantitative estimate of drug-likeness (QED) is 0.840. The van der Waals surface area contributed by atoms with Crippen molar-refractivity contribution in [1.29, 1.82) is 0 Å². The number of hydrogen-bond acceptors (Lipinski definition) is 6. The Morgan fingerprint density at radius 2 is 2.29 bits per heavy atom. The van der Waals surface area contributed by atoms with Crippen molar-refractivity contribution >= 4 is 0 Å². The Balaban J connectivity index is 1.71. The fourth-order valence-corrected chi connectivity index (χ4v) is 2.80. The maximum absolute atomic E-state index is 5.75. The molecule has 0 bridgehead atoms. The Labute approximate surface area is 123 Å². The third kappa shape index (κ3) is 3.14. The van der Waals surface area contributed by atoms with Gasteiger partial charge in [-0.05, 0) is 25.8 Å². The van der Waals surface area contributed by atoms with Crippen LogP contribution in [0.3, 0.4) is 0 Å². The predicted octanol–water partition coefficient (Wildman–Crippen LogP) is 1.12. The van der Waals surface area contributed by atoms with Crippen LogP contribution in [0.15, 0.2) is 16.9 Å². The highest BCUT2D eigenvalue weighted by Crippen LogP contribution is 2.28. The second-order valence-electron chi connectivity index (χ2n) is 5.51. The van der Waals surface area contributed by atoms with Crippen molar-refractivity contribution in [1.82, 2.24) is 24.8 Å². The summed E-state index contributed by atoms with van der Waals surface area (Å²) in [6.45, 7) is 6.42. The minimum Gasteiger partial charge on any atom is -0.375 e. The van der Waals surface area contributed by atoms with Crippen LogP contribution in [0.4, 0.5) is 0 Å². The van der Waals surface area contributed by atoms with Crippen molar-refractivity contribution in [2.45, 2.75) is 32.4 Å². The van der Waals surface area contributed by atoms with Crippen molar-refractivity contribution in [2.24, 2.45) is 7.05 Å². The van der Waals surface area contributed by atoms with E-state index in [9.17, 15) is 0 Å². The molecule has 0 saturated carbocycles. The van der Waals surface area contributed by atoms with E-state index in [4.69, 9.17) is 9.26 Å². The molecule has 0 aromatic carbocycles. The Kier molecular flexibility index (Phi) is 4.03. The molecule has 1 saturated heterocycles. The number of ether oxygens (including phenoxy) is 1. The molecule has 3 rings (SSSR count). The molecule has 2 atom stereocenters. The summed E-state index contributed by atoms with van der Waals surface area (Å²) in [6, 6.07) is 0.0246. The number of rotatable bonds is 4. The van der Waals surface area contributed by atoms with Crippen molar-refractivity contribution in [3.05, 3.63) is 29.7 Å². The first-order valence-corrected chi connectivity index (χ1v) is 7.27. The highest BCUT2D eigenvalue weighted by molar-refractivity contribution is 5.05. The van der Waals surface area contributed by atoms with Gasteiger partial charge < -0.3 is 9.26 Å². The van der Waals surface area contributed by atoms with Gasteiger partial charge in [-0.1, -0.05) is 5.16 Å². The summed E-state index contributed by atoms with van der Waals surface area (Å²) in [5, 5.41) is 8.11. The molecule has 0 unspecified atom stereocenters. The predicted molar refractivity (Wildman–Crippen MR) is 75.7 cm³/mol. The van der Waals surface area contributed by atoms with Crippen LogP contribution in [0.25, 0.3) is 0 Å². The molecule has 7 heteroatoms. The molecule has 114 valence electrons. The zero-order chi connectivity index (χ0) is 14.8. The molecule has 21 heavy (non-hydrogen) atoms. The summed E-state index contributed by atoms with van der Waals surface area (Å²) < 4.78 is 12.9. The fourth-order valence-electron chi connectivity index (χ4n) is 2.80. The van der Waals surface area contributed by atoms with Gasteiger partial charge in [0.05, 0.1) is 18.9 Å². The highest BCUT2D eigenvalue weighted by Gasteiger charge is 2.34. The van der Waals surface area contributed by atoms with Crippen LogP contribution in [-0.2, 0) is 18.2 Å². The molecule has 0 aliphatic carbocycles. The van der Waals surface area contributed by atoms with Crippen LogP contribution in [0.5, 0.6) is 0 Å². The average molecular weight is 291 g/mol. The Morgan fingerprint density at radius 1 is 1.43 bits per heavy atom. The van der Waals surface area contributed by atoms with Crippen molar-refractivity contribution in [2.75, 3.05) is 19.7 Å². The van der Waals surface area contributed by atoms with Crippen molar-refractivity contribution in [3.63, 3.8) is 0 Å². The second kappa shape index (κ2) is 5.95. The highest BCUT2D eigenvalue weighted by atomic mass is 16.5. The summed E-state index contributed by atoms with van der Waals surface area (Å²) in [6.07, 6.45) is 4.96. The van der Waals surface area contributed by atoms with E-state index in [-0.39, 0.29) is 12.1 Å². The van der Waals surface area contributed by atoms with Crippen LogP contribution in [0, 0.1) is 6.92 Å². The van der Waals surface area contributed by atoms with Crippen LogP contribution < -0.4 is 0 Å². The maximum atomic E-state index is 5.75. The van der Waals surface area contributed by atoms with E-state index in [0.717, 1.165) is 26.1 Å². The molecule has 1 fully saturated rings. The fraction of sp³-hybridized carbons (Fsp3) is 0.643. The number of morpholine rings is 1. The Bertz CT molecular complexity index is 594. The lowest BCUT2D eigenvalue weighted by Crippen LogP contribution is -2.45. The van der Waals surface area contributed by atoms with E-state index in [1.165, 1.54) is 5.56 Å². The Morgan fingerprint density at radius 3 is 2.95 bits per heavy atom. The van der Waals surface area contributed by atoms with E-state index < -0.39 is 0 Å². The maximum Gasteiger partial charge on any atom is 0.246 e. The number of hydrogen-bond donors (Lipinski definition) is 0.